The Morgan fingerprint density at radius 3 is 2.29 bits per heavy atom. The van der Waals surface area contributed by atoms with Crippen LogP contribution in [0.1, 0.15) is 32.6 Å². The molecule has 116 valence electrons. The first-order valence-electron chi connectivity index (χ1n) is 7.83. The molecule has 0 aliphatic heterocycles. The zero-order valence-electron chi connectivity index (χ0n) is 13.1. The largest absolute Gasteiger partial charge is 0.497 e. The summed E-state index contributed by atoms with van der Waals surface area (Å²) in [5.74, 6) is 1.64. The third-order valence-electron chi connectivity index (χ3n) is 5.13. The van der Waals surface area contributed by atoms with Crippen molar-refractivity contribution in [2.24, 2.45) is 5.41 Å². The Bertz CT molecular complexity index is 477. The SMILES string of the molecule is CCOC1CC(Nc2cc(OC)cc(OC)c2)C12CCC2. The van der Waals surface area contributed by atoms with E-state index < -0.39 is 0 Å². The van der Waals surface area contributed by atoms with Crippen molar-refractivity contribution in [3.05, 3.63) is 18.2 Å². The second kappa shape index (κ2) is 5.76. The fourth-order valence-corrected chi connectivity index (χ4v) is 3.73. The minimum absolute atomic E-state index is 0.353. The van der Waals surface area contributed by atoms with E-state index in [1.54, 1.807) is 14.2 Å². The standard InChI is InChI=1S/C17H25NO3/c1-4-21-16-11-15(17(16)6-5-7-17)18-12-8-13(19-2)10-14(9-12)20-3/h8-10,15-16,18H,4-7,11H2,1-3H3. The molecule has 2 unspecified atom stereocenters. The highest BCUT2D eigenvalue weighted by atomic mass is 16.5. The highest BCUT2D eigenvalue weighted by Crippen LogP contribution is 2.58. The van der Waals surface area contributed by atoms with E-state index in [2.05, 4.69) is 12.2 Å². The monoisotopic (exact) mass is 291 g/mol. The molecule has 1 aromatic rings. The smallest absolute Gasteiger partial charge is 0.124 e. The summed E-state index contributed by atoms with van der Waals surface area (Å²) < 4.78 is 16.6. The second-order valence-electron chi connectivity index (χ2n) is 6.06. The van der Waals surface area contributed by atoms with E-state index in [1.807, 2.05) is 18.2 Å². The average Bonchev–Trinajstić information content (AvgIpc) is 2.43. The molecule has 0 radical (unpaired) electrons. The molecule has 4 heteroatoms. The number of anilines is 1. The van der Waals surface area contributed by atoms with Gasteiger partial charge in [-0.05, 0) is 26.2 Å². The first kappa shape index (κ1) is 14.5. The van der Waals surface area contributed by atoms with E-state index in [4.69, 9.17) is 14.2 Å². The van der Waals surface area contributed by atoms with E-state index in [0.29, 0.717) is 17.6 Å². The first-order chi connectivity index (χ1) is 10.2. The number of nitrogens with one attached hydrogen (secondary N) is 1. The van der Waals surface area contributed by atoms with Gasteiger partial charge in [0, 0.05) is 42.0 Å². The van der Waals surface area contributed by atoms with Crippen LogP contribution in [0.2, 0.25) is 0 Å². The van der Waals surface area contributed by atoms with Gasteiger partial charge in [0.05, 0.1) is 20.3 Å². The maximum Gasteiger partial charge on any atom is 0.124 e. The topological polar surface area (TPSA) is 39.7 Å². The lowest BCUT2D eigenvalue weighted by atomic mass is 9.51. The van der Waals surface area contributed by atoms with Crippen molar-refractivity contribution in [2.75, 3.05) is 26.1 Å². The summed E-state index contributed by atoms with van der Waals surface area (Å²) >= 11 is 0. The number of rotatable bonds is 6. The maximum absolute atomic E-state index is 5.90. The van der Waals surface area contributed by atoms with Crippen LogP contribution in [0, 0.1) is 5.41 Å². The predicted molar refractivity (Wildman–Crippen MR) is 83.3 cm³/mol. The molecule has 2 aliphatic rings. The second-order valence-corrected chi connectivity index (χ2v) is 6.06. The Hall–Kier alpha value is -1.42. The highest BCUT2D eigenvalue weighted by molar-refractivity contribution is 5.55. The van der Waals surface area contributed by atoms with E-state index in [-0.39, 0.29) is 0 Å². The number of benzene rings is 1. The van der Waals surface area contributed by atoms with Crippen molar-refractivity contribution < 1.29 is 14.2 Å². The molecule has 2 fully saturated rings. The van der Waals surface area contributed by atoms with Gasteiger partial charge in [0.1, 0.15) is 11.5 Å². The van der Waals surface area contributed by atoms with Gasteiger partial charge in [0.25, 0.3) is 0 Å². The molecule has 3 rings (SSSR count). The van der Waals surface area contributed by atoms with Crippen LogP contribution < -0.4 is 14.8 Å². The lowest BCUT2D eigenvalue weighted by molar-refractivity contribution is -0.157. The fraction of sp³-hybridized carbons (Fsp3) is 0.647. The third kappa shape index (κ3) is 2.46. The number of ether oxygens (including phenoxy) is 3. The summed E-state index contributed by atoms with van der Waals surface area (Å²) in [5, 5.41) is 3.67. The molecule has 2 atom stereocenters. The molecule has 0 bridgehead atoms. The first-order valence-corrected chi connectivity index (χ1v) is 7.83. The van der Waals surface area contributed by atoms with Crippen LogP contribution in [-0.4, -0.2) is 33.0 Å². The highest BCUT2D eigenvalue weighted by Gasteiger charge is 2.58. The molecular weight excluding hydrogens is 266 g/mol. The van der Waals surface area contributed by atoms with E-state index in [1.165, 1.54) is 19.3 Å². The Labute approximate surface area is 126 Å². The molecule has 1 N–H and O–H groups in total. The van der Waals surface area contributed by atoms with Crippen molar-refractivity contribution in [2.45, 2.75) is 44.8 Å². The van der Waals surface area contributed by atoms with Gasteiger partial charge in [-0.1, -0.05) is 6.42 Å². The minimum atomic E-state index is 0.353. The lowest BCUT2D eigenvalue weighted by Crippen LogP contribution is -2.64. The molecule has 2 aliphatic carbocycles. The Kier molecular flexibility index (Phi) is 3.98. The summed E-state index contributed by atoms with van der Waals surface area (Å²) in [6.07, 6.45) is 5.39. The van der Waals surface area contributed by atoms with Crippen LogP contribution in [-0.2, 0) is 4.74 Å². The van der Waals surface area contributed by atoms with Crippen molar-refractivity contribution in [1.29, 1.82) is 0 Å². The fourth-order valence-electron chi connectivity index (χ4n) is 3.73. The average molecular weight is 291 g/mol. The number of hydrogen-bond donors (Lipinski definition) is 1. The van der Waals surface area contributed by atoms with Crippen LogP contribution in [0.5, 0.6) is 11.5 Å². The lowest BCUT2D eigenvalue weighted by Gasteiger charge is -2.61. The molecule has 0 heterocycles. The van der Waals surface area contributed by atoms with Crippen molar-refractivity contribution in [3.8, 4) is 11.5 Å². The van der Waals surface area contributed by atoms with Crippen LogP contribution >= 0.6 is 0 Å². The van der Waals surface area contributed by atoms with E-state index in [9.17, 15) is 0 Å². The third-order valence-corrected chi connectivity index (χ3v) is 5.13. The van der Waals surface area contributed by atoms with Gasteiger partial charge in [-0.3, -0.25) is 0 Å². The molecule has 1 spiro atoms. The van der Waals surface area contributed by atoms with Crippen LogP contribution in [0.3, 0.4) is 0 Å². The van der Waals surface area contributed by atoms with Crippen LogP contribution in [0.15, 0.2) is 18.2 Å². The van der Waals surface area contributed by atoms with Crippen molar-refractivity contribution in [3.63, 3.8) is 0 Å². The molecule has 1 aromatic carbocycles. The zero-order chi connectivity index (χ0) is 14.9. The van der Waals surface area contributed by atoms with Gasteiger partial charge in [0.2, 0.25) is 0 Å². The Balaban J connectivity index is 1.72. The van der Waals surface area contributed by atoms with Crippen LogP contribution in [0.25, 0.3) is 0 Å². The van der Waals surface area contributed by atoms with Gasteiger partial charge in [-0.2, -0.15) is 0 Å². The summed E-state index contributed by atoms with van der Waals surface area (Å²) in [6, 6.07) is 6.46. The van der Waals surface area contributed by atoms with Gasteiger partial charge < -0.3 is 19.5 Å². The predicted octanol–water partition coefficient (Wildman–Crippen LogP) is 3.46. The zero-order valence-corrected chi connectivity index (χ0v) is 13.1. The molecule has 4 nitrogen and oxygen atoms in total. The van der Waals surface area contributed by atoms with Gasteiger partial charge >= 0.3 is 0 Å². The summed E-state index contributed by atoms with van der Waals surface area (Å²) in [6.45, 7) is 2.90. The van der Waals surface area contributed by atoms with E-state index in [0.717, 1.165) is 30.2 Å². The minimum Gasteiger partial charge on any atom is -0.497 e. The Morgan fingerprint density at radius 2 is 1.81 bits per heavy atom. The maximum atomic E-state index is 5.90. The number of methoxy groups -OCH3 is 2. The molecule has 2 saturated carbocycles. The molecule has 0 aromatic heterocycles. The number of hydrogen-bond acceptors (Lipinski definition) is 4. The van der Waals surface area contributed by atoms with E-state index >= 15 is 0 Å². The molecule has 21 heavy (non-hydrogen) atoms. The molecule has 0 amide bonds. The van der Waals surface area contributed by atoms with Gasteiger partial charge in [0.15, 0.2) is 0 Å². The van der Waals surface area contributed by atoms with Gasteiger partial charge in [-0.15, -0.1) is 0 Å². The molecular formula is C17H25NO3. The molecule has 0 saturated heterocycles. The quantitative estimate of drug-likeness (QED) is 0.871. The van der Waals surface area contributed by atoms with Gasteiger partial charge in [-0.25, -0.2) is 0 Å². The van der Waals surface area contributed by atoms with Crippen molar-refractivity contribution in [1.82, 2.24) is 0 Å². The van der Waals surface area contributed by atoms with Crippen LogP contribution in [0.4, 0.5) is 5.69 Å². The summed E-state index contributed by atoms with van der Waals surface area (Å²) in [5.41, 5.74) is 1.42. The normalized spacial score (nSPS) is 25.9. The Morgan fingerprint density at radius 1 is 1.14 bits per heavy atom. The summed E-state index contributed by atoms with van der Waals surface area (Å²) in [4.78, 5) is 0. The summed E-state index contributed by atoms with van der Waals surface area (Å²) in [7, 11) is 3.36. The van der Waals surface area contributed by atoms with Crippen molar-refractivity contribution >= 4 is 5.69 Å².